The van der Waals surface area contributed by atoms with Gasteiger partial charge < -0.3 is 13.9 Å². The highest BCUT2D eigenvalue weighted by Crippen LogP contribution is 2.39. The van der Waals surface area contributed by atoms with Gasteiger partial charge in [0.05, 0.1) is 23.3 Å². The third-order valence-electron chi connectivity index (χ3n) is 6.88. The molecule has 1 atom stereocenters. The summed E-state index contributed by atoms with van der Waals surface area (Å²) in [7, 11) is 0. The molecule has 1 aliphatic heterocycles. The summed E-state index contributed by atoms with van der Waals surface area (Å²) in [5, 5.41) is 0.527. The summed E-state index contributed by atoms with van der Waals surface area (Å²) in [4.78, 5) is 33.2. The van der Waals surface area contributed by atoms with Crippen LogP contribution in [0.1, 0.15) is 70.6 Å². The molecule has 1 amide bonds. The first kappa shape index (κ1) is 22.1. The summed E-state index contributed by atoms with van der Waals surface area (Å²) in [5.41, 5.74) is 4.99. The van der Waals surface area contributed by atoms with E-state index in [4.69, 9.17) is 4.42 Å². The minimum atomic E-state index is -0.464. The van der Waals surface area contributed by atoms with Crippen molar-refractivity contribution in [3.05, 3.63) is 98.9 Å². The Morgan fingerprint density at radius 3 is 2.44 bits per heavy atom. The summed E-state index contributed by atoms with van der Waals surface area (Å²) in [6.45, 7) is 9.50. The molecule has 0 saturated heterocycles. The molecule has 6 heteroatoms. The fraction of sp³-hybridized carbons (Fsp3) is 0.321. The maximum Gasteiger partial charge on any atom is 0.290 e. The van der Waals surface area contributed by atoms with Crippen LogP contribution in [0.5, 0.6) is 0 Å². The Morgan fingerprint density at radius 2 is 1.76 bits per heavy atom. The van der Waals surface area contributed by atoms with Gasteiger partial charge in [-0.05, 0) is 60.6 Å². The van der Waals surface area contributed by atoms with Crippen LogP contribution in [-0.2, 0) is 6.54 Å². The molecule has 3 heterocycles. The third kappa shape index (κ3) is 3.73. The molecule has 0 fully saturated rings. The van der Waals surface area contributed by atoms with Crippen molar-refractivity contribution in [1.29, 1.82) is 0 Å². The summed E-state index contributed by atoms with van der Waals surface area (Å²) in [5.74, 6) is 0.343. The van der Waals surface area contributed by atoms with Crippen molar-refractivity contribution in [2.24, 2.45) is 0 Å². The van der Waals surface area contributed by atoms with Crippen molar-refractivity contribution in [2.75, 3.05) is 6.54 Å². The molecule has 0 spiro atoms. The van der Waals surface area contributed by atoms with Crippen LogP contribution in [0, 0.1) is 13.8 Å². The zero-order valence-electron chi connectivity index (χ0n) is 20.0. The van der Waals surface area contributed by atoms with Gasteiger partial charge in [0, 0.05) is 25.5 Å². The van der Waals surface area contributed by atoms with Crippen LogP contribution in [0.15, 0.2) is 64.3 Å². The standard InChI is InChI=1S/C28H29N3O3/c1-17(2)20-6-8-21(9-7-20)25-24-26(32)22-14-18(3)19(4)15-23(22)34-27(24)28(33)31(25)12-5-11-30-13-10-29-16-30/h6-10,13-17,25H,5,11-12H2,1-4H3/t25-/m1/s1. The Labute approximate surface area is 198 Å². The largest absolute Gasteiger partial charge is 0.450 e. The molecule has 0 saturated carbocycles. The summed E-state index contributed by atoms with van der Waals surface area (Å²) >= 11 is 0. The highest BCUT2D eigenvalue weighted by molar-refractivity contribution is 5.99. The number of imidazole rings is 1. The summed E-state index contributed by atoms with van der Waals surface area (Å²) in [6, 6.07) is 11.5. The Kier molecular flexibility index (Phi) is 5.60. The Bertz CT molecular complexity index is 1420. The molecule has 0 bridgehead atoms. The van der Waals surface area contributed by atoms with Gasteiger partial charge in [-0.2, -0.15) is 0 Å². The van der Waals surface area contributed by atoms with E-state index in [1.54, 1.807) is 17.4 Å². The molecule has 2 aromatic heterocycles. The van der Waals surface area contributed by atoms with Crippen molar-refractivity contribution < 1.29 is 9.21 Å². The van der Waals surface area contributed by atoms with Gasteiger partial charge in [0.1, 0.15) is 5.58 Å². The highest BCUT2D eigenvalue weighted by Gasteiger charge is 2.42. The van der Waals surface area contributed by atoms with Crippen molar-refractivity contribution >= 4 is 16.9 Å². The normalized spacial score (nSPS) is 15.5. The van der Waals surface area contributed by atoms with Crippen LogP contribution < -0.4 is 5.43 Å². The van der Waals surface area contributed by atoms with Crippen molar-refractivity contribution in [1.82, 2.24) is 14.5 Å². The Hall–Kier alpha value is -3.67. The molecule has 0 radical (unpaired) electrons. The number of hydrogen-bond donors (Lipinski definition) is 0. The van der Waals surface area contributed by atoms with E-state index in [0.717, 1.165) is 29.7 Å². The zero-order chi connectivity index (χ0) is 24.0. The van der Waals surface area contributed by atoms with Crippen LogP contribution in [0.3, 0.4) is 0 Å². The minimum Gasteiger partial charge on any atom is -0.450 e. The molecule has 174 valence electrons. The van der Waals surface area contributed by atoms with Crippen molar-refractivity contribution in [3.63, 3.8) is 0 Å². The highest BCUT2D eigenvalue weighted by atomic mass is 16.3. The summed E-state index contributed by atoms with van der Waals surface area (Å²) < 4.78 is 8.11. The first-order chi connectivity index (χ1) is 16.3. The molecule has 0 unspecified atom stereocenters. The maximum absolute atomic E-state index is 13.7. The zero-order valence-corrected chi connectivity index (χ0v) is 20.0. The molecule has 1 aliphatic rings. The monoisotopic (exact) mass is 455 g/mol. The smallest absolute Gasteiger partial charge is 0.290 e. The Balaban J connectivity index is 1.61. The van der Waals surface area contributed by atoms with Gasteiger partial charge >= 0.3 is 0 Å². The second-order valence-electron chi connectivity index (χ2n) is 9.48. The van der Waals surface area contributed by atoms with E-state index in [-0.39, 0.29) is 17.1 Å². The second kappa shape index (κ2) is 8.60. The Morgan fingerprint density at radius 1 is 1.03 bits per heavy atom. The number of fused-ring (bicyclic) bond motifs is 2. The van der Waals surface area contributed by atoms with Gasteiger partial charge in [0.2, 0.25) is 5.76 Å². The average Bonchev–Trinajstić information content (AvgIpc) is 3.43. The average molecular weight is 456 g/mol. The summed E-state index contributed by atoms with van der Waals surface area (Å²) in [6.07, 6.45) is 6.16. The quantitative estimate of drug-likeness (QED) is 0.392. The predicted molar refractivity (Wildman–Crippen MR) is 132 cm³/mol. The molecule has 0 aliphatic carbocycles. The van der Waals surface area contributed by atoms with E-state index >= 15 is 0 Å². The SMILES string of the molecule is Cc1cc2oc3c(c(=O)c2cc1C)[C@@H](c1ccc(C(C)C)cc1)N(CCCn1ccnc1)C3=O. The first-order valence-corrected chi connectivity index (χ1v) is 11.8. The molecule has 2 aromatic carbocycles. The van der Waals surface area contributed by atoms with E-state index in [9.17, 15) is 9.59 Å². The lowest BCUT2D eigenvalue weighted by atomic mass is 9.95. The fourth-order valence-electron chi connectivity index (χ4n) is 4.76. The van der Waals surface area contributed by atoms with E-state index in [2.05, 4.69) is 31.0 Å². The lowest BCUT2D eigenvalue weighted by Crippen LogP contribution is -2.31. The van der Waals surface area contributed by atoms with Crippen LogP contribution >= 0.6 is 0 Å². The van der Waals surface area contributed by atoms with E-state index in [1.807, 2.05) is 48.9 Å². The minimum absolute atomic E-state index is 0.122. The number of aryl methyl sites for hydroxylation is 3. The van der Waals surface area contributed by atoms with E-state index in [1.165, 1.54) is 5.56 Å². The molecule has 4 aromatic rings. The number of aromatic nitrogens is 2. The van der Waals surface area contributed by atoms with Crippen LogP contribution in [0.4, 0.5) is 0 Å². The number of carbonyl (C=O) groups excluding carboxylic acids is 1. The van der Waals surface area contributed by atoms with Crippen LogP contribution in [-0.4, -0.2) is 26.9 Å². The van der Waals surface area contributed by atoms with Gasteiger partial charge in [-0.3, -0.25) is 9.59 Å². The molecule has 6 nitrogen and oxygen atoms in total. The van der Waals surface area contributed by atoms with Crippen molar-refractivity contribution in [2.45, 2.75) is 52.6 Å². The first-order valence-electron chi connectivity index (χ1n) is 11.8. The predicted octanol–water partition coefficient (Wildman–Crippen LogP) is 5.37. The van der Waals surface area contributed by atoms with Crippen LogP contribution in [0.25, 0.3) is 11.0 Å². The third-order valence-corrected chi connectivity index (χ3v) is 6.88. The maximum atomic E-state index is 13.7. The lowest BCUT2D eigenvalue weighted by Gasteiger charge is -2.25. The molecular weight excluding hydrogens is 426 g/mol. The van der Waals surface area contributed by atoms with E-state index < -0.39 is 6.04 Å². The van der Waals surface area contributed by atoms with Crippen molar-refractivity contribution in [3.8, 4) is 0 Å². The van der Waals surface area contributed by atoms with Gasteiger partial charge in [0.25, 0.3) is 5.91 Å². The number of hydrogen-bond acceptors (Lipinski definition) is 4. The second-order valence-corrected chi connectivity index (χ2v) is 9.48. The molecule has 34 heavy (non-hydrogen) atoms. The van der Waals surface area contributed by atoms with E-state index in [0.29, 0.717) is 29.0 Å². The van der Waals surface area contributed by atoms with Gasteiger partial charge in [0.15, 0.2) is 5.43 Å². The lowest BCUT2D eigenvalue weighted by molar-refractivity contribution is 0.0723. The number of nitrogens with zero attached hydrogens (tertiary/aromatic N) is 3. The van der Waals surface area contributed by atoms with Gasteiger partial charge in [-0.1, -0.05) is 38.1 Å². The molecular formula is C28H29N3O3. The number of rotatable bonds is 6. The number of amides is 1. The number of benzene rings is 2. The fourth-order valence-corrected chi connectivity index (χ4v) is 4.76. The van der Waals surface area contributed by atoms with Gasteiger partial charge in [-0.25, -0.2) is 4.98 Å². The molecule has 5 rings (SSSR count). The number of carbonyl (C=O) groups is 1. The van der Waals surface area contributed by atoms with Crippen LogP contribution in [0.2, 0.25) is 0 Å². The molecule has 0 N–H and O–H groups in total. The topological polar surface area (TPSA) is 68.3 Å². The van der Waals surface area contributed by atoms with Gasteiger partial charge in [-0.15, -0.1) is 0 Å².